The molecular weight excluding hydrogens is 440 g/mol. The molecule has 6 N–H and O–H groups in total. The van der Waals surface area contributed by atoms with Gasteiger partial charge in [0, 0.05) is 23.5 Å². The van der Waals surface area contributed by atoms with Gasteiger partial charge in [-0.1, -0.05) is 18.8 Å². The van der Waals surface area contributed by atoms with Crippen LogP contribution in [0.3, 0.4) is 0 Å². The lowest BCUT2D eigenvalue weighted by atomic mass is 9.57. The van der Waals surface area contributed by atoms with Crippen LogP contribution in [0.4, 0.5) is 0 Å². The van der Waals surface area contributed by atoms with E-state index >= 15 is 0 Å². The summed E-state index contributed by atoms with van der Waals surface area (Å²) in [4.78, 5) is 40.2. The SMILES string of the molecule is CCC#Cc1ccc(O)c2c1C[C@H]1C[C@H]3[C@H](N(C)C)C(=O)C(C(N)=O)=C(O)[C@@]3(O)C(=O)C1=C2O. The molecule has 1 aromatic rings. The number of likely N-dealkylation sites (N-methyl/N-ethyl adjacent to an activating group) is 1. The van der Waals surface area contributed by atoms with Crippen LogP contribution < -0.4 is 5.73 Å². The smallest absolute Gasteiger partial charge is 0.255 e. The van der Waals surface area contributed by atoms with Crippen molar-refractivity contribution in [1.29, 1.82) is 0 Å². The number of aliphatic hydroxyl groups excluding tert-OH is 2. The van der Waals surface area contributed by atoms with Crippen molar-refractivity contribution in [3.63, 3.8) is 0 Å². The number of ketones is 2. The lowest BCUT2D eigenvalue weighted by Gasteiger charge is -2.50. The highest BCUT2D eigenvalue weighted by molar-refractivity contribution is 6.24. The number of nitrogens with two attached hydrogens (primary N) is 1. The Morgan fingerprint density at radius 2 is 1.91 bits per heavy atom. The Labute approximate surface area is 196 Å². The first kappa shape index (κ1) is 23.5. The molecule has 9 heteroatoms. The van der Waals surface area contributed by atoms with Crippen molar-refractivity contribution >= 4 is 23.2 Å². The van der Waals surface area contributed by atoms with E-state index in [2.05, 4.69) is 11.8 Å². The number of carbonyl (C=O) groups is 3. The van der Waals surface area contributed by atoms with E-state index in [1.807, 2.05) is 6.92 Å². The molecule has 0 saturated heterocycles. The second-order valence-corrected chi connectivity index (χ2v) is 9.10. The highest BCUT2D eigenvalue weighted by Crippen LogP contribution is 2.52. The normalized spacial score (nSPS) is 28.2. The van der Waals surface area contributed by atoms with E-state index in [1.165, 1.54) is 11.0 Å². The number of amides is 1. The molecule has 0 aliphatic heterocycles. The third-order valence-corrected chi connectivity index (χ3v) is 7.00. The van der Waals surface area contributed by atoms with Crippen LogP contribution in [0.25, 0.3) is 5.76 Å². The molecule has 4 rings (SSSR count). The summed E-state index contributed by atoms with van der Waals surface area (Å²) < 4.78 is 0. The molecule has 0 spiro atoms. The van der Waals surface area contributed by atoms with E-state index in [0.717, 1.165) is 0 Å². The fraction of sp³-hybridized carbons (Fsp3) is 0.400. The van der Waals surface area contributed by atoms with Crippen LogP contribution in [0, 0.1) is 23.7 Å². The second kappa shape index (κ2) is 8.01. The molecule has 0 aromatic heterocycles. The van der Waals surface area contributed by atoms with Crippen LogP contribution in [0.5, 0.6) is 5.75 Å². The number of aliphatic hydroxyl groups is 3. The number of primary amides is 1. The third-order valence-electron chi connectivity index (χ3n) is 7.00. The maximum Gasteiger partial charge on any atom is 0.255 e. The van der Waals surface area contributed by atoms with Gasteiger partial charge in [0.05, 0.1) is 11.6 Å². The van der Waals surface area contributed by atoms with Crippen LogP contribution in [0.15, 0.2) is 29.0 Å². The molecule has 1 amide bonds. The monoisotopic (exact) mass is 466 g/mol. The van der Waals surface area contributed by atoms with Gasteiger partial charge in [-0.3, -0.25) is 19.3 Å². The van der Waals surface area contributed by atoms with Crippen LogP contribution in [-0.4, -0.2) is 68.5 Å². The Morgan fingerprint density at radius 1 is 1.24 bits per heavy atom. The number of Topliss-reactive ketones (excluding diaryl/α,β-unsaturated/α-hetero) is 2. The number of nitrogens with zero attached hydrogens (tertiary/aromatic N) is 1. The van der Waals surface area contributed by atoms with E-state index in [1.54, 1.807) is 20.2 Å². The van der Waals surface area contributed by atoms with Crippen molar-refractivity contribution in [2.24, 2.45) is 17.6 Å². The number of rotatable bonds is 2. The van der Waals surface area contributed by atoms with Crippen molar-refractivity contribution in [2.45, 2.75) is 37.8 Å². The summed E-state index contributed by atoms with van der Waals surface area (Å²) in [5.41, 5.74) is 2.86. The molecule has 1 aromatic carbocycles. The minimum Gasteiger partial charge on any atom is -0.508 e. The number of benzene rings is 1. The first-order valence-electron chi connectivity index (χ1n) is 10.9. The second-order valence-electron chi connectivity index (χ2n) is 9.10. The molecule has 1 fully saturated rings. The van der Waals surface area contributed by atoms with Crippen molar-refractivity contribution < 1.29 is 34.8 Å². The predicted molar refractivity (Wildman–Crippen MR) is 121 cm³/mol. The molecule has 178 valence electrons. The Balaban J connectivity index is 1.98. The Hall–Kier alpha value is -3.61. The van der Waals surface area contributed by atoms with Crippen molar-refractivity contribution in [3.05, 3.63) is 45.7 Å². The van der Waals surface area contributed by atoms with Gasteiger partial charge in [0.15, 0.2) is 11.4 Å². The molecule has 4 atom stereocenters. The molecule has 1 saturated carbocycles. The van der Waals surface area contributed by atoms with Gasteiger partial charge < -0.3 is 26.2 Å². The Kier molecular flexibility index (Phi) is 5.55. The van der Waals surface area contributed by atoms with Crippen LogP contribution in [0.1, 0.15) is 36.5 Å². The minimum absolute atomic E-state index is 0.0409. The van der Waals surface area contributed by atoms with E-state index in [-0.39, 0.29) is 29.7 Å². The third kappa shape index (κ3) is 3.06. The van der Waals surface area contributed by atoms with E-state index in [0.29, 0.717) is 17.5 Å². The number of hydrogen-bond acceptors (Lipinski definition) is 8. The molecule has 0 radical (unpaired) electrons. The van der Waals surface area contributed by atoms with Gasteiger partial charge >= 0.3 is 0 Å². The molecule has 0 unspecified atom stereocenters. The van der Waals surface area contributed by atoms with Gasteiger partial charge in [0.25, 0.3) is 5.91 Å². The summed E-state index contributed by atoms with van der Waals surface area (Å²) in [6, 6.07) is 1.89. The van der Waals surface area contributed by atoms with Crippen molar-refractivity contribution in [1.82, 2.24) is 4.90 Å². The fourth-order valence-electron chi connectivity index (χ4n) is 5.54. The summed E-state index contributed by atoms with van der Waals surface area (Å²) in [5, 5.41) is 44.0. The number of phenols is 1. The Bertz CT molecular complexity index is 1260. The van der Waals surface area contributed by atoms with E-state index < -0.39 is 58.0 Å². The molecule has 3 aliphatic rings. The number of aromatic hydroxyl groups is 1. The van der Waals surface area contributed by atoms with Crippen LogP contribution in [-0.2, 0) is 20.8 Å². The van der Waals surface area contributed by atoms with E-state index in [4.69, 9.17) is 5.73 Å². The summed E-state index contributed by atoms with van der Waals surface area (Å²) in [5.74, 6) is -0.706. The average molecular weight is 466 g/mol. The maximum atomic E-state index is 13.7. The first-order chi connectivity index (χ1) is 16.0. The molecule has 9 nitrogen and oxygen atoms in total. The topological polar surface area (TPSA) is 161 Å². The van der Waals surface area contributed by atoms with Crippen molar-refractivity contribution in [2.75, 3.05) is 14.1 Å². The number of carbonyl (C=O) groups excluding carboxylic acids is 3. The molecular formula is C25H26N2O7. The number of fused-ring (bicyclic) bond motifs is 3. The summed E-state index contributed by atoms with van der Waals surface area (Å²) in [7, 11) is 3.12. The van der Waals surface area contributed by atoms with Crippen LogP contribution >= 0.6 is 0 Å². The lowest BCUT2D eigenvalue weighted by molar-refractivity contribution is -0.153. The van der Waals surface area contributed by atoms with Gasteiger partial charge in [0.2, 0.25) is 5.78 Å². The highest BCUT2D eigenvalue weighted by atomic mass is 16.3. The number of hydrogen-bond donors (Lipinski definition) is 5. The standard InChI is InChI=1S/C25H26N2O7/c1-4-5-6-11-7-8-15(28)17-13(11)9-12-10-14-19(27(2)3)21(30)18(24(26)33)23(32)25(14,34)22(31)16(12)20(17)29/h7-8,12,14,19,28-29,32,34H,4,9-10H2,1-3H3,(H2,26,33)/t12-,14-,19-,25-/m0/s1. The summed E-state index contributed by atoms with van der Waals surface area (Å²) >= 11 is 0. The van der Waals surface area contributed by atoms with Crippen LogP contribution in [0.2, 0.25) is 0 Å². The molecule has 0 bridgehead atoms. The largest absolute Gasteiger partial charge is 0.508 e. The highest BCUT2D eigenvalue weighted by Gasteiger charge is 2.64. The zero-order chi connectivity index (χ0) is 25.1. The van der Waals surface area contributed by atoms with E-state index in [9.17, 15) is 34.8 Å². The van der Waals surface area contributed by atoms with Gasteiger partial charge in [-0.05, 0) is 50.6 Å². The first-order valence-corrected chi connectivity index (χ1v) is 10.9. The zero-order valence-corrected chi connectivity index (χ0v) is 19.0. The molecule has 0 heterocycles. The van der Waals surface area contributed by atoms with Crippen molar-refractivity contribution in [3.8, 4) is 17.6 Å². The predicted octanol–water partition coefficient (Wildman–Crippen LogP) is 0.725. The molecule has 34 heavy (non-hydrogen) atoms. The molecule has 3 aliphatic carbocycles. The number of phenolic OH excluding ortho intramolecular Hbond substituents is 1. The lowest BCUT2D eigenvalue weighted by Crippen LogP contribution is -2.65. The van der Waals surface area contributed by atoms with Gasteiger partial charge in [-0.15, -0.1) is 0 Å². The van der Waals surface area contributed by atoms with Gasteiger partial charge in [-0.25, -0.2) is 0 Å². The minimum atomic E-state index is -2.64. The Morgan fingerprint density at radius 3 is 2.50 bits per heavy atom. The zero-order valence-electron chi connectivity index (χ0n) is 19.0. The average Bonchev–Trinajstić information content (AvgIpc) is 2.75. The summed E-state index contributed by atoms with van der Waals surface area (Å²) in [6.07, 6.45) is 0.860. The maximum absolute atomic E-state index is 13.7. The fourth-order valence-corrected chi connectivity index (χ4v) is 5.54. The van der Waals surface area contributed by atoms with Gasteiger partial charge in [0.1, 0.15) is 22.8 Å². The van der Waals surface area contributed by atoms with Gasteiger partial charge in [-0.2, -0.15) is 0 Å². The summed E-state index contributed by atoms with van der Waals surface area (Å²) in [6.45, 7) is 1.89. The quantitative estimate of drug-likeness (QED) is 0.315.